The Bertz CT molecular complexity index is 264. The van der Waals surface area contributed by atoms with Gasteiger partial charge >= 0.3 is 0 Å². The third-order valence-electron chi connectivity index (χ3n) is 1.94. The van der Waals surface area contributed by atoms with Crippen molar-refractivity contribution < 1.29 is 4.74 Å². The first-order valence-electron chi connectivity index (χ1n) is 4.83. The Labute approximate surface area is 97.6 Å². The summed E-state index contributed by atoms with van der Waals surface area (Å²) in [5, 5.41) is 2.06. The maximum absolute atomic E-state index is 5.70. The van der Waals surface area contributed by atoms with Crippen LogP contribution in [0.2, 0.25) is 0 Å². The number of thiophene rings is 1. The molecule has 0 aliphatic rings. The lowest BCUT2D eigenvalue weighted by Gasteiger charge is -2.13. The van der Waals surface area contributed by atoms with Crippen molar-refractivity contribution in [1.82, 2.24) is 0 Å². The van der Waals surface area contributed by atoms with Crippen LogP contribution >= 0.6 is 27.3 Å². The van der Waals surface area contributed by atoms with Gasteiger partial charge in [0.15, 0.2) is 0 Å². The van der Waals surface area contributed by atoms with E-state index in [0.717, 1.165) is 23.9 Å². The van der Waals surface area contributed by atoms with Crippen LogP contribution in [0.5, 0.6) is 0 Å². The van der Waals surface area contributed by atoms with Gasteiger partial charge in [-0.15, -0.1) is 11.3 Å². The molecular weight excluding hydrogens is 262 g/mol. The predicted molar refractivity (Wildman–Crippen MR) is 64.7 cm³/mol. The van der Waals surface area contributed by atoms with Gasteiger partial charge in [-0.05, 0) is 28.4 Å². The van der Waals surface area contributed by atoms with Crippen molar-refractivity contribution in [3.63, 3.8) is 0 Å². The van der Waals surface area contributed by atoms with Crippen LogP contribution in [0.4, 0.5) is 0 Å². The van der Waals surface area contributed by atoms with Crippen LogP contribution in [-0.2, 0) is 4.74 Å². The molecule has 80 valence electrons. The Morgan fingerprint density at radius 1 is 1.64 bits per heavy atom. The second kappa shape index (κ2) is 6.56. The minimum atomic E-state index is 0.0675. The molecule has 0 spiro atoms. The molecule has 0 saturated carbocycles. The molecule has 0 saturated heterocycles. The number of halogens is 1. The summed E-state index contributed by atoms with van der Waals surface area (Å²) >= 11 is 5.11. The van der Waals surface area contributed by atoms with E-state index >= 15 is 0 Å². The second-order valence-corrected chi connectivity index (χ2v) is 4.97. The first kappa shape index (κ1) is 12.2. The van der Waals surface area contributed by atoms with Crippen molar-refractivity contribution in [2.24, 2.45) is 5.73 Å². The van der Waals surface area contributed by atoms with Crippen molar-refractivity contribution in [2.45, 2.75) is 25.9 Å². The van der Waals surface area contributed by atoms with Crippen LogP contribution in [0.3, 0.4) is 0 Å². The third-order valence-corrected chi connectivity index (χ3v) is 3.72. The van der Waals surface area contributed by atoms with E-state index < -0.39 is 0 Å². The molecule has 1 unspecified atom stereocenters. The number of hydrogen-bond donors (Lipinski definition) is 1. The second-order valence-electron chi connectivity index (χ2n) is 3.12. The van der Waals surface area contributed by atoms with Gasteiger partial charge in [-0.2, -0.15) is 0 Å². The third kappa shape index (κ3) is 3.69. The summed E-state index contributed by atoms with van der Waals surface area (Å²) in [7, 11) is 0. The molecule has 0 fully saturated rings. The molecule has 2 nitrogen and oxygen atoms in total. The van der Waals surface area contributed by atoms with Gasteiger partial charge in [0.2, 0.25) is 0 Å². The SMILES string of the molecule is CCCCOC(CN)c1cc(Br)cs1. The highest BCUT2D eigenvalue weighted by Gasteiger charge is 2.11. The lowest BCUT2D eigenvalue weighted by atomic mass is 10.3. The summed E-state index contributed by atoms with van der Waals surface area (Å²) in [6, 6.07) is 2.08. The molecule has 0 aromatic carbocycles. The Balaban J connectivity index is 2.45. The molecule has 1 aromatic rings. The smallest absolute Gasteiger partial charge is 0.104 e. The van der Waals surface area contributed by atoms with E-state index in [4.69, 9.17) is 10.5 Å². The quantitative estimate of drug-likeness (QED) is 0.810. The van der Waals surface area contributed by atoms with Gasteiger partial charge in [-0.25, -0.2) is 0 Å². The summed E-state index contributed by atoms with van der Waals surface area (Å²) in [5.74, 6) is 0. The van der Waals surface area contributed by atoms with E-state index in [1.165, 1.54) is 4.88 Å². The number of rotatable bonds is 6. The molecule has 0 amide bonds. The van der Waals surface area contributed by atoms with E-state index in [2.05, 4.69) is 34.3 Å². The van der Waals surface area contributed by atoms with Gasteiger partial charge in [0, 0.05) is 27.9 Å². The molecule has 4 heteroatoms. The molecular formula is C10H16BrNOS. The topological polar surface area (TPSA) is 35.2 Å². The molecule has 0 aliphatic heterocycles. The van der Waals surface area contributed by atoms with Gasteiger partial charge in [0.25, 0.3) is 0 Å². The zero-order chi connectivity index (χ0) is 10.4. The number of ether oxygens (including phenoxy) is 1. The van der Waals surface area contributed by atoms with E-state index in [0.29, 0.717) is 6.54 Å². The van der Waals surface area contributed by atoms with Crippen LogP contribution in [0.25, 0.3) is 0 Å². The van der Waals surface area contributed by atoms with Crippen LogP contribution in [0.1, 0.15) is 30.7 Å². The average molecular weight is 278 g/mol. The van der Waals surface area contributed by atoms with E-state index in [-0.39, 0.29) is 6.10 Å². The summed E-state index contributed by atoms with van der Waals surface area (Å²) in [6.45, 7) is 3.51. The van der Waals surface area contributed by atoms with Gasteiger partial charge in [0.1, 0.15) is 6.10 Å². The summed E-state index contributed by atoms with van der Waals surface area (Å²) in [4.78, 5) is 1.20. The minimum Gasteiger partial charge on any atom is -0.371 e. The molecule has 2 N–H and O–H groups in total. The fourth-order valence-corrected chi connectivity index (χ4v) is 2.64. The molecule has 1 heterocycles. The minimum absolute atomic E-state index is 0.0675. The first-order valence-corrected chi connectivity index (χ1v) is 6.50. The lowest BCUT2D eigenvalue weighted by molar-refractivity contribution is 0.0590. The zero-order valence-electron chi connectivity index (χ0n) is 8.33. The van der Waals surface area contributed by atoms with E-state index in [1.807, 2.05) is 0 Å². The van der Waals surface area contributed by atoms with Crippen molar-refractivity contribution >= 4 is 27.3 Å². The standard InChI is InChI=1S/C10H16BrNOS/c1-2-3-4-13-9(6-12)10-5-8(11)7-14-10/h5,7,9H,2-4,6,12H2,1H3. The normalized spacial score (nSPS) is 13.1. The van der Waals surface area contributed by atoms with Gasteiger partial charge in [0.05, 0.1) is 0 Å². The Morgan fingerprint density at radius 2 is 2.43 bits per heavy atom. The molecule has 0 bridgehead atoms. The van der Waals surface area contributed by atoms with Crippen LogP contribution < -0.4 is 5.73 Å². The largest absolute Gasteiger partial charge is 0.371 e. The average Bonchev–Trinajstić information content (AvgIpc) is 2.60. The number of hydrogen-bond acceptors (Lipinski definition) is 3. The highest BCUT2D eigenvalue weighted by molar-refractivity contribution is 9.10. The zero-order valence-corrected chi connectivity index (χ0v) is 10.7. The van der Waals surface area contributed by atoms with Gasteiger partial charge in [-0.3, -0.25) is 0 Å². The van der Waals surface area contributed by atoms with Crippen molar-refractivity contribution in [3.05, 3.63) is 20.8 Å². The fourth-order valence-electron chi connectivity index (χ4n) is 1.13. The summed E-state index contributed by atoms with van der Waals surface area (Å²) in [5.41, 5.74) is 5.66. The summed E-state index contributed by atoms with van der Waals surface area (Å²) in [6.07, 6.45) is 2.33. The Hall–Kier alpha value is 0.1000. The Morgan fingerprint density at radius 3 is 2.93 bits per heavy atom. The van der Waals surface area contributed by atoms with Crippen LogP contribution in [0.15, 0.2) is 15.9 Å². The molecule has 1 rings (SSSR count). The predicted octanol–water partition coefficient (Wildman–Crippen LogP) is 3.33. The van der Waals surface area contributed by atoms with Crippen molar-refractivity contribution in [1.29, 1.82) is 0 Å². The summed E-state index contributed by atoms with van der Waals surface area (Å²) < 4.78 is 6.80. The lowest BCUT2D eigenvalue weighted by Crippen LogP contribution is -2.15. The molecule has 0 radical (unpaired) electrons. The maximum atomic E-state index is 5.70. The highest BCUT2D eigenvalue weighted by atomic mass is 79.9. The van der Waals surface area contributed by atoms with Crippen molar-refractivity contribution in [3.8, 4) is 0 Å². The van der Waals surface area contributed by atoms with E-state index in [1.54, 1.807) is 11.3 Å². The maximum Gasteiger partial charge on any atom is 0.104 e. The van der Waals surface area contributed by atoms with Crippen molar-refractivity contribution in [2.75, 3.05) is 13.2 Å². The number of nitrogens with two attached hydrogens (primary N) is 1. The highest BCUT2D eigenvalue weighted by Crippen LogP contribution is 2.27. The molecule has 1 aromatic heterocycles. The van der Waals surface area contributed by atoms with Crippen LogP contribution in [0, 0.1) is 0 Å². The number of unbranched alkanes of at least 4 members (excludes halogenated alkanes) is 1. The fraction of sp³-hybridized carbons (Fsp3) is 0.600. The monoisotopic (exact) mass is 277 g/mol. The van der Waals surface area contributed by atoms with Gasteiger partial charge < -0.3 is 10.5 Å². The molecule has 1 atom stereocenters. The molecule has 0 aliphatic carbocycles. The van der Waals surface area contributed by atoms with Gasteiger partial charge in [-0.1, -0.05) is 13.3 Å². The van der Waals surface area contributed by atoms with E-state index in [9.17, 15) is 0 Å². The Kier molecular flexibility index (Phi) is 5.70. The van der Waals surface area contributed by atoms with Crippen LogP contribution in [-0.4, -0.2) is 13.2 Å². The first-order chi connectivity index (χ1) is 6.77. The molecule has 14 heavy (non-hydrogen) atoms.